The summed E-state index contributed by atoms with van der Waals surface area (Å²) < 4.78 is 9.75. The van der Waals surface area contributed by atoms with Crippen LogP contribution >= 0.6 is 11.5 Å². The first-order valence-electron chi connectivity index (χ1n) is 9.79. The van der Waals surface area contributed by atoms with Crippen LogP contribution in [0, 0.1) is 28.4 Å². The van der Waals surface area contributed by atoms with Crippen LogP contribution in [0.25, 0.3) is 10.9 Å². The number of anilines is 1. The van der Waals surface area contributed by atoms with E-state index in [2.05, 4.69) is 32.5 Å². The molecule has 160 valence electrons. The van der Waals surface area contributed by atoms with Crippen molar-refractivity contribution in [1.29, 1.82) is 5.26 Å². The molecule has 0 fully saturated rings. The van der Waals surface area contributed by atoms with E-state index in [0.29, 0.717) is 35.5 Å². The van der Waals surface area contributed by atoms with Crippen molar-refractivity contribution in [2.24, 2.45) is 10.2 Å². The van der Waals surface area contributed by atoms with Crippen LogP contribution in [0.1, 0.15) is 18.9 Å². The Kier molecular flexibility index (Phi) is 7.59. The molecule has 9 nitrogen and oxygen atoms in total. The van der Waals surface area contributed by atoms with Gasteiger partial charge in [-0.2, -0.15) is 9.64 Å². The molecule has 3 aromatic rings. The van der Waals surface area contributed by atoms with Crippen LogP contribution in [0.2, 0.25) is 0 Å². The largest absolute Gasteiger partial charge is 0.379 e. The van der Waals surface area contributed by atoms with Crippen LogP contribution in [-0.2, 0) is 4.74 Å². The number of benzene rings is 2. The molecule has 0 spiro atoms. The Morgan fingerprint density at radius 2 is 2.10 bits per heavy atom. The van der Waals surface area contributed by atoms with Gasteiger partial charge in [-0.1, -0.05) is 0 Å². The van der Waals surface area contributed by atoms with Crippen LogP contribution in [0.15, 0.2) is 46.6 Å². The van der Waals surface area contributed by atoms with Gasteiger partial charge in [-0.05, 0) is 55.2 Å². The van der Waals surface area contributed by atoms with Crippen molar-refractivity contribution >= 4 is 44.5 Å². The van der Waals surface area contributed by atoms with E-state index in [1.165, 1.54) is 12.1 Å². The topological polar surface area (TPSA) is 117 Å². The van der Waals surface area contributed by atoms with Crippen molar-refractivity contribution in [2.45, 2.75) is 20.3 Å². The number of azo groups is 1. The molecule has 0 saturated heterocycles. The molecule has 0 N–H and O–H groups in total. The summed E-state index contributed by atoms with van der Waals surface area (Å²) in [5, 5.41) is 29.4. The van der Waals surface area contributed by atoms with Crippen molar-refractivity contribution in [1.82, 2.24) is 4.37 Å². The van der Waals surface area contributed by atoms with Crippen molar-refractivity contribution in [3.05, 3.63) is 52.1 Å². The second kappa shape index (κ2) is 10.6. The van der Waals surface area contributed by atoms with Gasteiger partial charge in [-0.25, -0.2) is 0 Å². The minimum Gasteiger partial charge on any atom is -0.379 e. The molecule has 1 aromatic heterocycles. The molecule has 3 rings (SSSR count). The number of aromatic nitrogens is 1. The quantitative estimate of drug-likeness (QED) is 0.174. The summed E-state index contributed by atoms with van der Waals surface area (Å²) >= 11 is 1.16. The Hall–Kier alpha value is -3.42. The smallest absolute Gasteiger partial charge is 0.270 e. The maximum Gasteiger partial charge on any atom is 0.270 e. The van der Waals surface area contributed by atoms with Crippen LogP contribution in [0.3, 0.4) is 0 Å². The number of fused-ring (bicyclic) bond motifs is 1. The number of nitro groups is 1. The molecule has 0 atom stereocenters. The maximum atomic E-state index is 11.0. The SMILES string of the molecule is CCN(CCOCCC#N)c1ccc(N=Nc2snc3ccc([N+](=O)[O-])cc23)c(C)c1. The maximum absolute atomic E-state index is 11.0. The molecule has 0 radical (unpaired) electrons. The van der Waals surface area contributed by atoms with Crippen molar-refractivity contribution in [3.8, 4) is 6.07 Å². The third-order valence-electron chi connectivity index (χ3n) is 4.69. The fraction of sp³-hybridized carbons (Fsp3) is 0.333. The molecule has 2 aromatic carbocycles. The number of rotatable bonds is 10. The highest BCUT2D eigenvalue weighted by molar-refractivity contribution is 7.11. The lowest BCUT2D eigenvalue weighted by molar-refractivity contribution is -0.384. The molecular weight excluding hydrogens is 416 g/mol. The highest BCUT2D eigenvalue weighted by Gasteiger charge is 2.12. The van der Waals surface area contributed by atoms with E-state index in [1.54, 1.807) is 6.07 Å². The average Bonchev–Trinajstić information content (AvgIpc) is 3.17. The van der Waals surface area contributed by atoms with Crippen LogP contribution in [0.5, 0.6) is 0 Å². The van der Waals surface area contributed by atoms with Gasteiger partial charge in [0.25, 0.3) is 5.69 Å². The van der Waals surface area contributed by atoms with Crippen molar-refractivity contribution in [2.75, 3.05) is 31.2 Å². The highest BCUT2D eigenvalue weighted by atomic mass is 32.1. The molecule has 0 unspecified atom stereocenters. The number of aryl methyl sites for hydroxylation is 1. The second-order valence-corrected chi connectivity index (χ2v) is 7.47. The number of nitro benzene ring substituents is 1. The molecule has 1 heterocycles. The molecule has 0 aliphatic carbocycles. The van der Waals surface area contributed by atoms with Gasteiger partial charge < -0.3 is 9.64 Å². The van der Waals surface area contributed by atoms with Gasteiger partial charge in [-0.3, -0.25) is 10.1 Å². The Balaban J connectivity index is 1.73. The van der Waals surface area contributed by atoms with Crippen LogP contribution in [-0.4, -0.2) is 35.6 Å². The summed E-state index contributed by atoms with van der Waals surface area (Å²) in [7, 11) is 0. The fourth-order valence-corrected chi connectivity index (χ4v) is 3.70. The normalized spacial score (nSPS) is 11.1. The van der Waals surface area contributed by atoms with Crippen molar-refractivity contribution < 1.29 is 9.66 Å². The Morgan fingerprint density at radius 1 is 1.26 bits per heavy atom. The molecular formula is C21H22N6O3S. The van der Waals surface area contributed by atoms with E-state index < -0.39 is 4.92 Å². The van der Waals surface area contributed by atoms with Gasteiger partial charge in [0, 0.05) is 36.3 Å². The van der Waals surface area contributed by atoms with Gasteiger partial charge in [-0.15, -0.1) is 10.2 Å². The molecule has 10 heteroatoms. The van der Waals surface area contributed by atoms with Gasteiger partial charge in [0.05, 0.1) is 41.8 Å². The first kappa shape index (κ1) is 22.3. The van der Waals surface area contributed by atoms with Gasteiger partial charge in [0.1, 0.15) is 0 Å². The summed E-state index contributed by atoms with van der Waals surface area (Å²) in [6, 6.07) is 12.5. The van der Waals surface area contributed by atoms with Gasteiger partial charge in [0.2, 0.25) is 0 Å². The van der Waals surface area contributed by atoms with E-state index in [9.17, 15) is 10.1 Å². The molecule has 0 saturated carbocycles. The van der Waals surface area contributed by atoms with Gasteiger partial charge in [0.15, 0.2) is 5.00 Å². The molecule has 0 aliphatic rings. The Labute approximate surface area is 183 Å². The molecule has 0 amide bonds. The minimum atomic E-state index is -0.436. The number of non-ortho nitro benzene ring substituents is 1. The van der Waals surface area contributed by atoms with E-state index in [-0.39, 0.29) is 5.69 Å². The zero-order chi connectivity index (χ0) is 22.2. The number of hydrogen-bond donors (Lipinski definition) is 0. The minimum absolute atomic E-state index is 0.000874. The summed E-state index contributed by atoms with van der Waals surface area (Å²) in [5.74, 6) is 0. The molecule has 31 heavy (non-hydrogen) atoms. The van der Waals surface area contributed by atoms with E-state index in [1.807, 2.05) is 25.1 Å². The van der Waals surface area contributed by atoms with Crippen LogP contribution in [0.4, 0.5) is 22.1 Å². The molecule has 0 aliphatic heterocycles. The third-order valence-corrected chi connectivity index (χ3v) is 5.45. The number of hydrogen-bond acceptors (Lipinski definition) is 9. The fourth-order valence-electron chi connectivity index (χ4n) is 3.01. The summed E-state index contributed by atoms with van der Waals surface area (Å²) in [6.45, 7) is 6.60. The third kappa shape index (κ3) is 5.59. The average molecular weight is 439 g/mol. The first-order chi connectivity index (χ1) is 15.0. The van der Waals surface area contributed by atoms with E-state index in [0.717, 1.165) is 41.6 Å². The van der Waals surface area contributed by atoms with E-state index >= 15 is 0 Å². The Morgan fingerprint density at radius 3 is 2.81 bits per heavy atom. The Bertz CT molecular complexity index is 1140. The zero-order valence-electron chi connectivity index (χ0n) is 17.3. The first-order valence-corrected chi connectivity index (χ1v) is 10.6. The molecule has 0 bridgehead atoms. The van der Waals surface area contributed by atoms with E-state index in [4.69, 9.17) is 10.00 Å². The zero-order valence-corrected chi connectivity index (χ0v) is 18.1. The second-order valence-electron chi connectivity index (χ2n) is 6.72. The van der Waals surface area contributed by atoms with Gasteiger partial charge >= 0.3 is 0 Å². The monoisotopic (exact) mass is 438 g/mol. The lowest BCUT2D eigenvalue weighted by atomic mass is 10.1. The lowest BCUT2D eigenvalue weighted by Gasteiger charge is -2.23. The summed E-state index contributed by atoms with van der Waals surface area (Å²) in [4.78, 5) is 12.8. The number of nitrogens with zero attached hydrogens (tertiary/aromatic N) is 6. The summed E-state index contributed by atoms with van der Waals surface area (Å²) in [6.07, 6.45) is 0.396. The highest BCUT2D eigenvalue weighted by Crippen LogP contribution is 2.35. The number of likely N-dealkylation sites (N-methyl/N-ethyl adjacent to an activating group) is 1. The number of ether oxygens (including phenoxy) is 1. The standard InChI is InChI=1S/C21H22N6O3S/c1-3-26(10-12-30-11-4-9-22)16-5-7-19(15(2)13-16)23-24-21-18-14-17(27(28)29)6-8-20(18)25-31-21/h5-8,13-14H,3-4,10-12H2,1-2H3. The van der Waals surface area contributed by atoms with Crippen LogP contribution < -0.4 is 4.90 Å². The predicted octanol–water partition coefficient (Wildman–Crippen LogP) is 5.68. The summed E-state index contributed by atoms with van der Waals surface area (Å²) in [5.41, 5.74) is 3.40. The predicted molar refractivity (Wildman–Crippen MR) is 121 cm³/mol. The number of nitriles is 1. The van der Waals surface area contributed by atoms with Crippen molar-refractivity contribution in [3.63, 3.8) is 0 Å². The lowest BCUT2D eigenvalue weighted by Crippen LogP contribution is -2.27.